The molecule has 3 aliphatic rings. The molecule has 0 atom stereocenters. The van der Waals surface area contributed by atoms with Crippen LogP contribution in [0.4, 0.5) is 5.69 Å². The summed E-state index contributed by atoms with van der Waals surface area (Å²) in [4.78, 5) is 37.9. The molecule has 0 bridgehead atoms. The molecule has 2 aromatic heterocycles. The molecule has 2 aliphatic heterocycles. The van der Waals surface area contributed by atoms with Gasteiger partial charge in [0.2, 0.25) is 5.91 Å². The van der Waals surface area contributed by atoms with Crippen LogP contribution >= 0.6 is 0 Å². The maximum Gasteiger partial charge on any atom is 0.325 e. The Balaban J connectivity index is 1.24. The molecule has 6 rings (SSSR count). The first-order chi connectivity index (χ1) is 17.9. The van der Waals surface area contributed by atoms with Crippen molar-refractivity contribution in [2.24, 2.45) is 5.92 Å². The van der Waals surface area contributed by atoms with E-state index < -0.39 is 0 Å². The molecule has 4 heterocycles. The van der Waals surface area contributed by atoms with Gasteiger partial charge in [-0.3, -0.25) is 19.8 Å². The number of benzene rings is 1. The number of amides is 2. The van der Waals surface area contributed by atoms with Gasteiger partial charge in [0, 0.05) is 55.5 Å². The lowest BCUT2D eigenvalue weighted by Crippen LogP contribution is -2.48. The van der Waals surface area contributed by atoms with Gasteiger partial charge in [0.25, 0.3) is 5.91 Å². The van der Waals surface area contributed by atoms with E-state index in [-0.39, 0.29) is 24.2 Å². The maximum absolute atomic E-state index is 12.1. The second-order valence-corrected chi connectivity index (χ2v) is 10.3. The summed E-state index contributed by atoms with van der Waals surface area (Å²) in [6.07, 6.45) is 6.52. The minimum absolute atomic E-state index is 0.0540. The number of anilines is 1. The molecule has 1 aliphatic carbocycles. The lowest BCUT2D eigenvalue weighted by Gasteiger charge is -2.38. The molecule has 0 spiro atoms. The van der Waals surface area contributed by atoms with Crippen LogP contribution in [0.25, 0.3) is 11.7 Å². The second kappa shape index (κ2) is 9.59. The Hall–Kier alpha value is -3.79. The SMILES string of the molecule is CC(C)N1CCN(c2ccc(Oc3nc(CC4CC4)n4ncc(/C=C5\CC(=O)NC5=O)c4n3)cc2)CC1. The van der Waals surface area contributed by atoms with Crippen molar-refractivity contribution in [3.63, 3.8) is 0 Å². The largest absolute Gasteiger partial charge is 0.424 e. The summed E-state index contributed by atoms with van der Waals surface area (Å²) >= 11 is 0. The average molecular weight is 502 g/mol. The molecule has 3 fully saturated rings. The number of nitrogens with one attached hydrogen (secondary N) is 1. The van der Waals surface area contributed by atoms with Crippen LogP contribution in [0, 0.1) is 5.92 Å². The number of nitrogens with zero attached hydrogens (tertiary/aromatic N) is 6. The summed E-state index contributed by atoms with van der Waals surface area (Å²) in [5.74, 6) is 1.35. The van der Waals surface area contributed by atoms with Crippen LogP contribution in [0.15, 0.2) is 36.0 Å². The summed E-state index contributed by atoms with van der Waals surface area (Å²) in [7, 11) is 0. The monoisotopic (exact) mass is 501 g/mol. The topological polar surface area (TPSA) is 105 Å². The van der Waals surface area contributed by atoms with Crippen LogP contribution in [-0.2, 0) is 16.0 Å². The number of hydrogen-bond acceptors (Lipinski definition) is 8. The van der Waals surface area contributed by atoms with E-state index in [9.17, 15) is 9.59 Å². The van der Waals surface area contributed by atoms with Gasteiger partial charge in [-0.05, 0) is 62.9 Å². The van der Waals surface area contributed by atoms with Gasteiger partial charge in [-0.1, -0.05) is 0 Å². The zero-order chi connectivity index (χ0) is 25.5. The normalized spacial score (nSPS) is 19.9. The number of piperazine rings is 1. The summed E-state index contributed by atoms with van der Waals surface area (Å²) in [5, 5.41) is 6.79. The molecule has 2 amide bonds. The fourth-order valence-electron chi connectivity index (χ4n) is 4.92. The van der Waals surface area contributed by atoms with Gasteiger partial charge in [0.05, 0.1) is 12.6 Å². The first-order valence-corrected chi connectivity index (χ1v) is 13.0. The molecule has 1 N–H and O–H groups in total. The first kappa shape index (κ1) is 23.6. The second-order valence-electron chi connectivity index (χ2n) is 10.3. The Morgan fingerprint density at radius 1 is 1.08 bits per heavy atom. The van der Waals surface area contributed by atoms with E-state index in [2.05, 4.69) is 56.2 Å². The number of fused-ring (bicyclic) bond motifs is 1. The molecular formula is C27H31N7O3. The summed E-state index contributed by atoms with van der Waals surface area (Å²) < 4.78 is 7.82. The Labute approximate surface area is 215 Å². The highest BCUT2D eigenvalue weighted by atomic mass is 16.5. The van der Waals surface area contributed by atoms with Crippen molar-refractivity contribution in [1.82, 2.24) is 29.8 Å². The fraction of sp³-hybridized carbons (Fsp3) is 0.444. The zero-order valence-electron chi connectivity index (χ0n) is 21.2. The summed E-state index contributed by atoms with van der Waals surface area (Å²) in [6.45, 7) is 8.62. The highest BCUT2D eigenvalue weighted by Crippen LogP contribution is 2.33. The van der Waals surface area contributed by atoms with Gasteiger partial charge >= 0.3 is 6.01 Å². The van der Waals surface area contributed by atoms with Crippen molar-refractivity contribution < 1.29 is 14.3 Å². The quantitative estimate of drug-likeness (QED) is 0.389. The first-order valence-electron chi connectivity index (χ1n) is 13.0. The van der Waals surface area contributed by atoms with E-state index in [1.54, 1.807) is 16.8 Å². The van der Waals surface area contributed by atoms with Crippen molar-refractivity contribution in [3.05, 3.63) is 47.4 Å². The Kier molecular flexibility index (Phi) is 6.11. The average Bonchev–Trinajstić information content (AvgIpc) is 3.53. The third kappa shape index (κ3) is 5.06. The van der Waals surface area contributed by atoms with Crippen molar-refractivity contribution >= 4 is 29.2 Å². The van der Waals surface area contributed by atoms with E-state index in [0.717, 1.165) is 38.4 Å². The number of hydrogen-bond donors (Lipinski definition) is 1. The van der Waals surface area contributed by atoms with Crippen LogP contribution < -0.4 is 15.0 Å². The van der Waals surface area contributed by atoms with Crippen LogP contribution in [0.1, 0.15) is 44.5 Å². The van der Waals surface area contributed by atoms with E-state index in [0.29, 0.717) is 34.5 Å². The van der Waals surface area contributed by atoms with Crippen molar-refractivity contribution in [3.8, 4) is 11.8 Å². The van der Waals surface area contributed by atoms with Gasteiger partial charge in [-0.25, -0.2) is 4.52 Å². The number of carbonyl (C=O) groups excluding carboxylic acids is 2. The van der Waals surface area contributed by atoms with Gasteiger partial charge in [0.1, 0.15) is 11.6 Å². The molecule has 1 aromatic carbocycles. The minimum atomic E-state index is -0.376. The van der Waals surface area contributed by atoms with Crippen molar-refractivity contribution in [2.75, 3.05) is 31.1 Å². The van der Waals surface area contributed by atoms with Gasteiger partial charge in [-0.15, -0.1) is 0 Å². The van der Waals surface area contributed by atoms with E-state index in [4.69, 9.17) is 4.74 Å². The molecule has 10 nitrogen and oxygen atoms in total. The van der Waals surface area contributed by atoms with Gasteiger partial charge in [-0.2, -0.15) is 15.1 Å². The number of carbonyl (C=O) groups is 2. The molecular weight excluding hydrogens is 470 g/mol. The number of imide groups is 1. The van der Waals surface area contributed by atoms with E-state index in [1.807, 2.05) is 12.1 Å². The smallest absolute Gasteiger partial charge is 0.325 e. The zero-order valence-corrected chi connectivity index (χ0v) is 21.2. The van der Waals surface area contributed by atoms with Crippen molar-refractivity contribution in [1.29, 1.82) is 0 Å². The van der Waals surface area contributed by atoms with Crippen molar-refractivity contribution in [2.45, 2.75) is 45.6 Å². The van der Waals surface area contributed by atoms with Crippen LogP contribution in [0.5, 0.6) is 11.8 Å². The molecule has 1 saturated carbocycles. The lowest BCUT2D eigenvalue weighted by atomic mass is 10.1. The fourth-order valence-corrected chi connectivity index (χ4v) is 4.92. The third-order valence-electron chi connectivity index (χ3n) is 7.29. The molecule has 2 saturated heterocycles. The summed E-state index contributed by atoms with van der Waals surface area (Å²) in [5.41, 5.74) is 2.78. The Morgan fingerprint density at radius 2 is 1.84 bits per heavy atom. The Bertz CT molecular complexity index is 1370. The van der Waals surface area contributed by atoms with Crippen LogP contribution in [-0.4, -0.2) is 68.5 Å². The molecule has 192 valence electrons. The van der Waals surface area contributed by atoms with Crippen LogP contribution in [0.3, 0.4) is 0 Å². The molecule has 37 heavy (non-hydrogen) atoms. The highest BCUT2D eigenvalue weighted by Gasteiger charge is 2.27. The number of aromatic nitrogens is 4. The predicted molar refractivity (Wildman–Crippen MR) is 138 cm³/mol. The number of ether oxygens (including phenoxy) is 1. The summed E-state index contributed by atoms with van der Waals surface area (Å²) in [6, 6.07) is 8.87. The molecule has 3 aromatic rings. The molecule has 10 heteroatoms. The van der Waals surface area contributed by atoms with Gasteiger partial charge in [0.15, 0.2) is 5.65 Å². The molecule has 0 radical (unpaired) electrons. The third-order valence-corrected chi connectivity index (χ3v) is 7.29. The predicted octanol–water partition coefficient (Wildman–Crippen LogP) is 2.83. The van der Waals surface area contributed by atoms with Crippen LogP contribution in [0.2, 0.25) is 0 Å². The van der Waals surface area contributed by atoms with Gasteiger partial charge < -0.3 is 9.64 Å². The number of rotatable bonds is 7. The minimum Gasteiger partial charge on any atom is -0.424 e. The Morgan fingerprint density at radius 3 is 2.49 bits per heavy atom. The maximum atomic E-state index is 12.1. The van der Waals surface area contributed by atoms with E-state index >= 15 is 0 Å². The lowest BCUT2D eigenvalue weighted by molar-refractivity contribution is -0.124. The van der Waals surface area contributed by atoms with E-state index in [1.165, 1.54) is 18.5 Å². The highest BCUT2D eigenvalue weighted by molar-refractivity contribution is 6.15. The standard InChI is InChI=1S/C27H31N7O3/c1-17(2)32-9-11-33(12-10-32)21-5-7-22(8-6-21)37-27-29-23(13-18-3-4-18)34-25(31-27)20(16-28-34)14-19-15-24(35)30-26(19)36/h5-8,14,16-18H,3-4,9-13,15H2,1-2H3,(H,30,35,36)/b19-14+. The molecule has 0 unspecified atom stereocenters.